The maximum absolute atomic E-state index is 12.7. The van der Waals surface area contributed by atoms with E-state index >= 15 is 0 Å². The molecule has 0 bridgehead atoms. The van der Waals surface area contributed by atoms with E-state index in [-0.39, 0.29) is 34.4 Å². The molecule has 1 amide bonds. The van der Waals surface area contributed by atoms with Gasteiger partial charge in [-0.15, -0.1) is 0 Å². The van der Waals surface area contributed by atoms with Gasteiger partial charge in [0.15, 0.2) is 5.82 Å². The number of hydrogen-bond acceptors (Lipinski definition) is 3. The van der Waals surface area contributed by atoms with Crippen LogP contribution in [0.3, 0.4) is 0 Å². The summed E-state index contributed by atoms with van der Waals surface area (Å²) in [5.74, 6) is -0.267. The molecule has 0 radical (unpaired) electrons. The fourth-order valence-corrected chi connectivity index (χ4v) is 2.27. The normalized spacial score (nSPS) is 11.2. The van der Waals surface area contributed by atoms with E-state index in [1.165, 1.54) is 6.20 Å². The van der Waals surface area contributed by atoms with Crippen molar-refractivity contribution in [1.29, 1.82) is 5.26 Å². The summed E-state index contributed by atoms with van der Waals surface area (Å²) < 4.78 is 39.3. The number of nitrogens with zero attached hydrogens (tertiary/aromatic N) is 3. The topological polar surface area (TPSA) is 70.7 Å². The van der Waals surface area contributed by atoms with Crippen LogP contribution in [0, 0.1) is 11.3 Å². The van der Waals surface area contributed by atoms with Gasteiger partial charge in [0, 0.05) is 6.42 Å². The Morgan fingerprint density at radius 1 is 1.46 bits per heavy atom. The molecule has 0 aliphatic heterocycles. The Balaban J connectivity index is 2.48. The number of aromatic nitrogens is 2. The number of carbonyl (C=O) groups excluding carboxylic acids is 1. The molecule has 0 saturated heterocycles. The van der Waals surface area contributed by atoms with E-state index in [2.05, 4.69) is 10.4 Å². The minimum atomic E-state index is -4.53. The SMILES string of the molecule is CCCC(=O)Nc1c(C#N)cnn1-c1ccc(C(F)(F)F)cc1Cl. The highest BCUT2D eigenvalue weighted by Gasteiger charge is 2.31. The van der Waals surface area contributed by atoms with Gasteiger partial charge in [-0.2, -0.15) is 23.5 Å². The molecule has 2 rings (SSSR count). The van der Waals surface area contributed by atoms with Crippen molar-refractivity contribution in [3.63, 3.8) is 0 Å². The number of anilines is 1. The van der Waals surface area contributed by atoms with Crippen molar-refractivity contribution >= 4 is 23.3 Å². The molecule has 0 fully saturated rings. The van der Waals surface area contributed by atoms with Crippen LogP contribution in [0.5, 0.6) is 0 Å². The molecular weight excluding hydrogens is 345 g/mol. The maximum atomic E-state index is 12.7. The summed E-state index contributed by atoms with van der Waals surface area (Å²) in [5.41, 5.74) is -0.700. The molecule has 2 aromatic rings. The van der Waals surface area contributed by atoms with Crippen LogP contribution in [0.1, 0.15) is 30.9 Å². The molecule has 9 heteroatoms. The quantitative estimate of drug-likeness (QED) is 0.894. The predicted octanol–water partition coefficient (Wildman–Crippen LogP) is 4.15. The average Bonchev–Trinajstić information content (AvgIpc) is 2.89. The van der Waals surface area contributed by atoms with Crippen molar-refractivity contribution in [2.75, 3.05) is 5.32 Å². The zero-order chi connectivity index (χ0) is 17.9. The molecule has 5 nitrogen and oxygen atoms in total. The number of benzene rings is 1. The lowest BCUT2D eigenvalue weighted by Gasteiger charge is -2.13. The zero-order valence-electron chi connectivity index (χ0n) is 12.5. The molecule has 0 unspecified atom stereocenters. The van der Waals surface area contributed by atoms with Crippen molar-refractivity contribution in [1.82, 2.24) is 9.78 Å². The highest BCUT2D eigenvalue weighted by Crippen LogP contribution is 2.34. The number of rotatable bonds is 4. The molecule has 0 aliphatic carbocycles. The predicted molar refractivity (Wildman–Crippen MR) is 81.8 cm³/mol. The van der Waals surface area contributed by atoms with Crippen LogP contribution in [-0.4, -0.2) is 15.7 Å². The number of nitriles is 1. The Morgan fingerprint density at radius 3 is 2.71 bits per heavy atom. The molecule has 1 heterocycles. The van der Waals surface area contributed by atoms with Crippen LogP contribution in [0.25, 0.3) is 5.69 Å². The van der Waals surface area contributed by atoms with Crippen molar-refractivity contribution in [2.45, 2.75) is 25.9 Å². The first kappa shape index (κ1) is 17.8. The Kier molecular flexibility index (Phi) is 5.14. The second-order valence-corrected chi connectivity index (χ2v) is 5.30. The monoisotopic (exact) mass is 356 g/mol. The third-order valence-electron chi connectivity index (χ3n) is 3.13. The van der Waals surface area contributed by atoms with Crippen LogP contribution >= 0.6 is 11.6 Å². The molecule has 0 atom stereocenters. The number of nitrogens with one attached hydrogen (secondary N) is 1. The smallest absolute Gasteiger partial charge is 0.309 e. The fourth-order valence-electron chi connectivity index (χ4n) is 2.01. The van der Waals surface area contributed by atoms with Crippen LogP contribution in [0.15, 0.2) is 24.4 Å². The van der Waals surface area contributed by atoms with Gasteiger partial charge >= 0.3 is 6.18 Å². The molecule has 1 N–H and O–H groups in total. The lowest BCUT2D eigenvalue weighted by atomic mass is 10.2. The van der Waals surface area contributed by atoms with Crippen LogP contribution < -0.4 is 5.32 Å². The van der Waals surface area contributed by atoms with Gasteiger partial charge < -0.3 is 5.32 Å². The minimum Gasteiger partial charge on any atom is -0.309 e. The number of hydrogen-bond donors (Lipinski definition) is 1. The van der Waals surface area contributed by atoms with E-state index in [1.807, 2.05) is 13.0 Å². The van der Waals surface area contributed by atoms with Crippen molar-refractivity contribution in [2.24, 2.45) is 0 Å². The average molecular weight is 357 g/mol. The summed E-state index contributed by atoms with van der Waals surface area (Å²) in [6.07, 6.45) is -2.49. The Labute approximate surface area is 140 Å². The Hall–Kier alpha value is -2.53. The van der Waals surface area contributed by atoms with Gasteiger partial charge in [-0.1, -0.05) is 18.5 Å². The van der Waals surface area contributed by atoms with Gasteiger partial charge in [0.25, 0.3) is 0 Å². The van der Waals surface area contributed by atoms with E-state index in [0.717, 1.165) is 22.9 Å². The summed E-state index contributed by atoms with van der Waals surface area (Å²) >= 11 is 5.94. The van der Waals surface area contributed by atoms with Gasteiger partial charge in [-0.05, 0) is 24.6 Å². The summed E-state index contributed by atoms with van der Waals surface area (Å²) in [6, 6.07) is 4.62. The van der Waals surface area contributed by atoms with E-state index in [9.17, 15) is 18.0 Å². The molecule has 0 aliphatic rings. The van der Waals surface area contributed by atoms with E-state index in [1.54, 1.807) is 0 Å². The minimum absolute atomic E-state index is 0.0672. The molecule has 0 saturated carbocycles. The Morgan fingerprint density at radius 2 is 2.17 bits per heavy atom. The summed E-state index contributed by atoms with van der Waals surface area (Å²) in [7, 11) is 0. The third-order valence-corrected chi connectivity index (χ3v) is 3.43. The zero-order valence-corrected chi connectivity index (χ0v) is 13.2. The van der Waals surface area contributed by atoms with Gasteiger partial charge in [0.1, 0.15) is 11.6 Å². The number of alkyl halides is 3. The third kappa shape index (κ3) is 3.68. The van der Waals surface area contributed by atoms with Gasteiger partial charge in [0.2, 0.25) is 5.91 Å². The van der Waals surface area contributed by atoms with Crippen molar-refractivity contribution in [3.8, 4) is 11.8 Å². The second-order valence-electron chi connectivity index (χ2n) is 4.89. The largest absolute Gasteiger partial charge is 0.416 e. The lowest BCUT2D eigenvalue weighted by Crippen LogP contribution is -2.15. The number of carbonyl (C=O) groups is 1. The fraction of sp³-hybridized carbons (Fsp3) is 0.267. The van der Waals surface area contributed by atoms with E-state index < -0.39 is 11.7 Å². The molecule has 1 aromatic heterocycles. The van der Waals surface area contributed by atoms with Crippen LogP contribution in [0.2, 0.25) is 5.02 Å². The first-order valence-corrected chi connectivity index (χ1v) is 7.30. The number of halogens is 4. The second kappa shape index (κ2) is 6.93. The van der Waals surface area contributed by atoms with E-state index in [4.69, 9.17) is 16.9 Å². The van der Waals surface area contributed by atoms with Gasteiger partial charge in [-0.3, -0.25) is 4.79 Å². The summed E-state index contributed by atoms with van der Waals surface area (Å²) in [6.45, 7) is 1.81. The van der Waals surface area contributed by atoms with Crippen LogP contribution in [0.4, 0.5) is 19.0 Å². The summed E-state index contributed by atoms with van der Waals surface area (Å²) in [4.78, 5) is 11.8. The van der Waals surface area contributed by atoms with Crippen LogP contribution in [-0.2, 0) is 11.0 Å². The summed E-state index contributed by atoms with van der Waals surface area (Å²) in [5, 5.41) is 15.4. The molecule has 1 aromatic carbocycles. The standard InChI is InChI=1S/C15H12ClF3N4O/c1-2-3-13(24)22-14-9(7-20)8-21-23(14)12-5-4-10(6-11(12)16)15(17,18)19/h4-6,8H,2-3H2,1H3,(H,22,24). The Bertz CT molecular complexity index is 808. The molecule has 126 valence electrons. The highest BCUT2D eigenvalue weighted by atomic mass is 35.5. The molecule has 0 spiro atoms. The van der Waals surface area contributed by atoms with E-state index in [0.29, 0.717) is 6.42 Å². The maximum Gasteiger partial charge on any atom is 0.416 e. The molecular formula is C15H12ClF3N4O. The highest BCUT2D eigenvalue weighted by molar-refractivity contribution is 6.32. The van der Waals surface area contributed by atoms with Gasteiger partial charge in [-0.25, -0.2) is 4.68 Å². The van der Waals surface area contributed by atoms with Gasteiger partial charge in [0.05, 0.1) is 22.5 Å². The molecule has 24 heavy (non-hydrogen) atoms. The lowest BCUT2D eigenvalue weighted by molar-refractivity contribution is -0.137. The first-order chi connectivity index (χ1) is 11.3. The number of amides is 1. The first-order valence-electron chi connectivity index (χ1n) is 6.93. The van der Waals surface area contributed by atoms with Crippen molar-refractivity contribution < 1.29 is 18.0 Å². The van der Waals surface area contributed by atoms with Crippen molar-refractivity contribution in [3.05, 3.63) is 40.5 Å².